The summed E-state index contributed by atoms with van der Waals surface area (Å²) in [6.07, 6.45) is 1.74. The fourth-order valence-corrected chi connectivity index (χ4v) is 6.81. The van der Waals surface area contributed by atoms with Crippen molar-refractivity contribution in [3.05, 3.63) is 143 Å². The Morgan fingerprint density at radius 1 is 1.02 bits per heavy atom. The SMILES string of the molecule is CCOC(=O)C1=C(c2ccccc2)N=c2s/c(=C\c3cccc(OC)c3OCc3ccc(F)cc3)c(=O)n2[C@@H]1c1cccs1. The van der Waals surface area contributed by atoms with Gasteiger partial charge in [-0.3, -0.25) is 9.36 Å². The number of hydrogen-bond acceptors (Lipinski definition) is 8. The maximum atomic E-state index is 14.2. The second-order valence-corrected chi connectivity index (χ2v) is 11.7. The molecule has 3 heterocycles. The Balaban J connectivity index is 1.52. The predicted molar refractivity (Wildman–Crippen MR) is 169 cm³/mol. The zero-order valence-corrected chi connectivity index (χ0v) is 25.5. The first-order valence-corrected chi connectivity index (χ1v) is 15.5. The summed E-state index contributed by atoms with van der Waals surface area (Å²) in [5, 5.41) is 1.91. The summed E-state index contributed by atoms with van der Waals surface area (Å²) in [6.45, 7) is 2.10. The molecular weight excluding hydrogens is 600 g/mol. The average Bonchev–Trinajstić information content (AvgIpc) is 3.69. The molecule has 7 nitrogen and oxygen atoms in total. The molecule has 1 aliphatic heterocycles. The zero-order valence-electron chi connectivity index (χ0n) is 23.9. The number of rotatable bonds is 9. The summed E-state index contributed by atoms with van der Waals surface area (Å²) in [6, 6.07) is 24.0. The third kappa shape index (κ3) is 5.73. The molecule has 0 saturated carbocycles. The third-order valence-electron chi connectivity index (χ3n) is 7.00. The van der Waals surface area contributed by atoms with Gasteiger partial charge in [0.15, 0.2) is 16.3 Å². The van der Waals surface area contributed by atoms with E-state index in [9.17, 15) is 14.0 Å². The Morgan fingerprint density at radius 2 is 1.82 bits per heavy atom. The molecular formula is C34H27FN2O5S2. The van der Waals surface area contributed by atoms with Gasteiger partial charge in [0.05, 0.1) is 29.5 Å². The van der Waals surface area contributed by atoms with E-state index in [0.717, 1.165) is 16.0 Å². The monoisotopic (exact) mass is 626 g/mol. The molecule has 6 rings (SSSR count). The van der Waals surface area contributed by atoms with Crippen LogP contribution in [0.1, 0.15) is 34.5 Å². The minimum atomic E-state index is -0.720. The number of esters is 1. The number of nitrogens with zero attached hydrogens (tertiary/aromatic N) is 2. The molecule has 5 aromatic rings. The number of carbonyl (C=O) groups is 1. The molecule has 0 radical (unpaired) electrons. The molecule has 1 atom stereocenters. The molecule has 0 fully saturated rings. The van der Waals surface area contributed by atoms with Crippen molar-refractivity contribution in [2.75, 3.05) is 13.7 Å². The van der Waals surface area contributed by atoms with Gasteiger partial charge in [-0.2, -0.15) is 0 Å². The lowest BCUT2D eigenvalue weighted by Gasteiger charge is -2.24. The highest BCUT2D eigenvalue weighted by Gasteiger charge is 2.35. The molecule has 3 aromatic carbocycles. The van der Waals surface area contributed by atoms with Crippen LogP contribution in [0.4, 0.5) is 4.39 Å². The Hall–Kier alpha value is -4.80. The quantitative estimate of drug-likeness (QED) is 0.196. The number of para-hydroxylation sites is 1. The lowest BCUT2D eigenvalue weighted by molar-refractivity contribution is -0.138. The van der Waals surface area contributed by atoms with Crippen LogP contribution in [0.2, 0.25) is 0 Å². The van der Waals surface area contributed by atoms with Crippen LogP contribution in [0.25, 0.3) is 11.8 Å². The van der Waals surface area contributed by atoms with E-state index in [1.165, 1.54) is 34.8 Å². The summed E-state index contributed by atoms with van der Waals surface area (Å²) in [4.78, 5) is 33.9. The van der Waals surface area contributed by atoms with Gasteiger partial charge in [0.2, 0.25) is 0 Å². The molecule has 0 bridgehead atoms. The maximum Gasteiger partial charge on any atom is 0.338 e. The molecule has 0 saturated heterocycles. The van der Waals surface area contributed by atoms with Gasteiger partial charge < -0.3 is 14.2 Å². The van der Waals surface area contributed by atoms with Gasteiger partial charge >= 0.3 is 5.97 Å². The number of hydrogen-bond donors (Lipinski definition) is 0. The van der Waals surface area contributed by atoms with Gasteiger partial charge in [0, 0.05) is 16.0 Å². The number of thiophene rings is 1. The van der Waals surface area contributed by atoms with Crippen LogP contribution >= 0.6 is 22.7 Å². The van der Waals surface area contributed by atoms with Crippen molar-refractivity contribution in [1.29, 1.82) is 0 Å². The van der Waals surface area contributed by atoms with E-state index in [4.69, 9.17) is 19.2 Å². The van der Waals surface area contributed by atoms with Gasteiger partial charge in [-0.15, -0.1) is 11.3 Å². The van der Waals surface area contributed by atoms with Gasteiger partial charge in [-0.1, -0.05) is 72.0 Å². The van der Waals surface area contributed by atoms with Gasteiger partial charge in [-0.05, 0) is 48.2 Å². The Bertz CT molecular complexity index is 2010. The number of ether oxygens (including phenoxy) is 3. The van der Waals surface area contributed by atoms with E-state index >= 15 is 0 Å². The number of halogens is 1. The second kappa shape index (κ2) is 12.8. The lowest BCUT2D eigenvalue weighted by atomic mass is 9.97. The first-order valence-electron chi connectivity index (χ1n) is 13.8. The van der Waals surface area contributed by atoms with Crippen LogP contribution < -0.4 is 24.4 Å². The fraction of sp³-hybridized carbons (Fsp3) is 0.147. The Morgan fingerprint density at radius 3 is 2.52 bits per heavy atom. The molecule has 0 unspecified atom stereocenters. The van der Waals surface area contributed by atoms with E-state index in [1.807, 2.05) is 60.0 Å². The summed E-state index contributed by atoms with van der Waals surface area (Å²) in [7, 11) is 1.54. The van der Waals surface area contributed by atoms with E-state index in [-0.39, 0.29) is 24.6 Å². The van der Waals surface area contributed by atoms with Crippen molar-refractivity contribution in [2.24, 2.45) is 4.99 Å². The molecule has 44 heavy (non-hydrogen) atoms. The standard InChI is InChI=1S/C34H27FN2O5S2/c1-3-41-33(39)28-29(22-9-5-4-6-10-22)36-34-37(30(28)26-13-8-18-43-26)32(38)27(44-34)19-23-11-7-12-25(40-2)31(23)42-20-21-14-16-24(35)17-15-21/h4-19,30H,3,20H2,1-2H3/b27-19-/t30-/m1/s1. The Kier molecular flexibility index (Phi) is 8.53. The number of methoxy groups -OCH3 is 1. The summed E-state index contributed by atoms with van der Waals surface area (Å²) in [5.74, 6) is 0.0785. The number of benzene rings is 3. The van der Waals surface area contributed by atoms with Crippen LogP contribution in [0.5, 0.6) is 11.5 Å². The second-order valence-electron chi connectivity index (χ2n) is 9.74. The van der Waals surface area contributed by atoms with Crippen molar-refractivity contribution < 1.29 is 23.4 Å². The average molecular weight is 627 g/mol. The smallest absolute Gasteiger partial charge is 0.338 e. The first-order chi connectivity index (χ1) is 21.5. The highest BCUT2D eigenvalue weighted by Crippen LogP contribution is 2.37. The topological polar surface area (TPSA) is 79.1 Å². The van der Waals surface area contributed by atoms with Crippen molar-refractivity contribution in [1.82, 2.24) is 4.57 Å². The van der Waals surface area contributed by atoms with E-state index < -0.39 is 12.0 Å². The molecule has 0 N–H and O–H groups in total. The first kappa shape index (κ1) is 29.3. The van der Waals surface area contributed by atoms with Gasteiger partial charge in [-0.25, -0.2) is 14.2 Å². The van der Waals surface area contributed by atoms with Crippen molar-refractivity contribution in [3.8, 4) is 11.5 Å². The van der Waals surface area contributed by atoms with Crippen LogP contribution in [-0.4, -0.2) is 24.3 Å². The predicted octanol–water partition coefficient (Wildman–Crippen LogP) is 5.72. The molecule has 10 heteroatoms. The largest absolute Gasteiger partial charge is 0.493 e. The highest BCUT2D eigenvalue weighted by molar-refractivity contribution is 7.10. The zero-order chi connectivity index (χ0) is 30.6. The van der Waals surface area contributed by atoms with Crippen molar-refractivity contribution >= 4 is 40.4 Å². The van der Waals surface area contributed by atoms with Crippen LogP contribution in [0, 0.1) is 5.82 Å². The Labute approximate surface area is 260 Å². The number of aromatic nitrogens is 1. The number of fused-ring (bicyclic) bond motifs is 1. The molecule has 222 valence electrons. The third-order valence-corrected chi connectivity index (χ3v) is 8.91. The summed E-state index contributed by atoms with van der Waals surface area (Å²) < 4.78 is 32.6. The van der Waals surface area contributed by atoms with E-state index in [0.29, 0.717) is 37.7 Å². The van der Waals surface area contributed by atoms with Crippen LogP contribution in [0.3, 0.4) is 0 Å². The van der Waals surface area contributed by atoms with Gasteiger partial charge in [0.25, 0.3) is 5.56 Å². The summed E-state index contributed by atoms with van der Waals surface area (Å²) in [5.41, 5.74) is 2.63. The van der Waals surface area contributed by atoms with Crippen LogP contribution in [-0.2, 0) is 16.1 Å². The molecule has 1 aliphatic rings. The summed E-state index contributed by atoms with van der Waals surface area (Å²) >= 11 is 2.69. The molecule has 0 amide bonds. The van der Waals surface area contributed by atoms with E-state index in [2.05, 4.69) is 0 Å². The molecule has 2 aromatic heterocycles. The van der Waals surface area contributed by atoms with E-state index in [1.54, 1.807) is 42.9 Å². The highest BCUT2D eigenvalue weighted by atomic mass is 32.1. The minimum absolute atomic E-state index is 0.171. The lowest BCUT2D eigenvalue weighted by Crippen LogP contribution is -2.39. The van der Waals surface area contributed by atoms with Crippen LogP contribution in [0.15, 0.2) is 106 Å². The maximum absolute atomic E-state index is 14.2. The van der Waals surface area contributed by atoms with Crippen molar-refractivity contribution in [2.45, 2.75) is 19.6 Å². The normalized spacial score (nSPS) is 14.6. The molecule has 0 aliphatic carbocycles. The number of carbonyl (C=O) groups excluding carboxylic acids is 1. The van der Waals surface area contributed by atoms with Gasteiger partial charge in [0.1, 0.15) is 18.5 Å². The number of thiazole rings is 1. The van der Waals surface area contributed by atoms with Crippen molar-refractivity contribution in [3.63, 3.8) is 0 Å². The fourth-order valence-electron chi connectivity index (χ4n) is 5.00. The molecule has 0 spiro atoms. The minimum Gasteiger partial charge on any atom is -0.493 e.